The van der Waals surface area contributed by atoms with Crippen molar-refractivity contribution in [2.24, 2.45) is 0 Å². The van der Waals surface area contributed by atoms with Gasteiger partial charge in [0.2, 0.25) is 0 Å². The fraction of sp³-hybridized carbons (Fsp3) is 0.478. The maximum atomic E-state index is 10.2. The molecule has 2 aromatic heterocycles. The van der Waals surface area contributed by atoms with Crippen LogP contribution in [0, 0.1) is 0 Å². The van der Waals surface area contributed by atoms with Gasteiger partial charge in [-0.25, -0.2) is 9.97 Å². The molecule has 0 amide bonds. The van der Waals surface area contributed by atoms with Crippen molar-refractivity contribution in [3.05, 3.63) is 36.8 Å². The molecule has 0 unspecified atom stereocenters. The first-order chi connectivity index (χ1) is 15.2. The van der Waals surface area contributed by atoms with Crippen LogP contribution in [0.1, 0.15) is 12.8 Å². The number of hydrogen-bond acceptors (Lipinski definition) is 7. The topological polar surface area (TPSA) is 106 Å². The van der Waals surface area contributed by atoms with Gasteiger partial charge in [-0.2, -0.15) is 0 Å². The number of methoxy groups -OCH3 is 1. The average molecular weight is 460 g/mol. The highest BCUT2D eigenvalue weighted by atomic mass is 31.2. The second kappa shape index (κ2) is 10.5. The first-order valence-corrected chi connectivity index (χ1v) is 13.9. The van der Waals surface area contributed by atoms with Crippen molar-refractivity contribution in [1.29, 1.82) is 0 Å². The quantitative estimate of drug-likeness (QED) is 0.563. The molecule has 3 aromatic rings. The van der Waals surface area contributed by atoms with Crippen LogP contribution >= 0.6 is 7.14 Å². The Labute approximate surface area is 189 Å². The molecule has 3 heterocycles. The molecule has 0 radical (unpaired) electrons. The number of benzene rings is 1. The molecule has 1 aliphatic heterocycles. The van der Waals surface area contributed by atoms with Crippen molar-refractivity contribution >= 4 is 24.0 Å². The molecule has 32 heavy (non-hydrogen) atoms. The van der Waals surface area contributed by atoms with Crippen LogP contribution in [-0.2, 0) is 11.1 Å². The molecule has 1 aliphatic rings. The highest BCUT2D eigenvalue weighted by molar-refractivity contribution is 7.61. The second-order valence-electron chi connectivity index (χ2n) is 8.89. The van der Waals surface area contributed by atoms with E-state index in [1.807, 2.05) is 24.3 Å². The number of aliphatic hydroxyl groups is 1. The fourth-order valence-corrected chi connectivity index (χ4v) is 3.72. The number of likely N-dealkylation sites (tertiary alicyclic amines) is 1. The van der Waals surface area contributed by atoms with Crippen LogP contribution in [0.5, 0.6) is 5.75 Å². The van der Waals surface area contributed by atoms with Crippen molar-refractivity contribution in [2.75, 3.05) is 52.5 Å². The van der Waals surface area contributed by atoms with Gasteiger partial charge >= 0.3 is 0 Å². The molecule has 0 spiro atoms. The number of fused-ring (bicyclic) bond motifs is 1. The highest BCUT2D eigenvalue weighted by Gasteiger charge is 2.19. The van der Waals surface area contributed by atoms with Gasteiger partial charge in [0.25, 0.3) is 0 Å². The normalized spacial score (nSPS) is 15.4. The van der Waals surface area contributed by atoms with Crippen LogP contribution in [0.25, 0.3) is 22.2 Å². The predicted molar refractivity (Wildman–Crippen MR) is 131 cm³/mol. The van der Waals surface area contributed by atoms with Gasteiger partial charge in [-0.1, -0.05) is 12.1 Å². The van der Waals surface area contributed by atoms with Crippen LogP contribution in [0.4, 0.5) is 5.82 Å². The minimum absolute atomic E-state index is 0.152. The molecule has 0 aliphatic carbocycles. The summed E-state index contributed by atoms with van der Waals surface area (Å²) >= 11 is 0. The third-order valence-electron chi connectivity index (χ3n) is 5.28. The van der Waals surface area contributed by atoms with Crippen LogP contribution in [0.3, 0.4) is 0 Å². The average Bonchev–Trinajstić information content (AvgIpc) is 3.12. The second-order valence-corrected chi connectivity index (χ2v) is 12.7. The molecule has 174 valence electrons. The summed E-state index contributed by atoms with van der Waals surface area (Å²) in [5.41, 5.74) is 9.08. The third kappa shape index (κ3) is 6.55. The molecule has 3 N–H and O–H groups in total. The van der Waals surface area contributed by atoms with Crippen LogP contribution < -0.4 is 10.5 Å². The fourth-order valence-electron chi connectivity index (χ4n) is 3.72. The Morgan fingerprint density at radius 2 is 1.88 bits per heavy atom. The molecule has 1 fully saturated rings. The number of aromatic nitrogens is 3. The lowest BCUT2D eigenvalue weighted by Gasteiger charge is -2.29. The van der Waals surface area contributed by atoms with E-state index in [1.54, 1.807) is 27.1 Å². The van der Waals surface area contributed by atoms with Crippen molar-refractivity contribution in [2.45, 2.75) is 25.5 Å². The molecular weight excluding hydrogens is 425 g/mol. The van der Waals surface area contributed by atoms with Gasteiger partial charge in [0.1, 0.15) is 23.5 Å². The van der Waals surface area contributed by atoms with E-state index in [0.29, 0.717) is 5.82 Å². The van der Waals surface area contributed by atoms with Gasteiger partial charge < -0.3 is 29.6 Å². The van der Waals surface area contributed by atoms with Crippen molar-refractivity contribution in [1.82, 2.24) is 19.4 Å². The minimum Gasteiger partial charge on any atom is -0.497 e. The Hall–Kier alpha value is -2.41. The Kier molecular flexibility index (Phi) is 7.93. The third-order valence-corrected chi connectivity index (χ3v) is 5.28. The maximum absolute atomic E-state index is 10.2. The number of hydrogen-bond donors (Lipinski definition) is 2. The first-order valence-electron chi connectivity index (χ1n) is 10.8. The summed E-state index contributed by atoms with van der Waals surface area (Å²) in [4.78, 5) is 11.1. The van der Waals surface area contributed by atoms with Gasteiger partial charge in [0.05, 0.1) is 25.7 Å². The minimum atomic E-state index is -1.64. The lowest BCUT2D eigenvalue weighted by Crippen LogP contribution is -2.37. The van der Waals surface area contributed by atoms with Crippen molar-refractivity contribution in [3.8, 4) is 16.9 Å². The van der Waals surface area contributed by atoms with E-state index in [2.05, 4.69) is 25.6 Å². The standard InChI is InChI=1S/C20H25N5O2.C3H9OP/c1-27-16-4-2-3-14(11-16)17-12-25(20-18(17)19(21)22-13-23-20)10-9-24-7-5-15(26)6-8-24;1-5(2,3)4/h2-4,11-13,15,26H,5-10H2,1H3,(H2,21,22,23);1-3H3. The Morgan fingerprint density at radius 3 is 2.53 bits per heavy atom. The van der Waals surface area contributed by atoms with E-state index in [4.69, 9.17) is 10.5 Å². The molecule has 4 rings (SSSR count). The number of anilines is 1. The van der Waals surface area contributed by atoms with E-state index in [1.165, 1.54) is 6.33 Å². The summed E-state index contributed by atoms with van der Waals surface area (Å²) in [6.07, 6.45) is 5.15. The summed E-state index contributed by atoms with van der Waals surface area (Å²) in [5.74, 6) is 1.29. The number of nitrogens with zero attached hydrogens (tertiary/aromatic N) is 4. The van der Waals surface area contributed by atoms with E-state index < -0.39 is 7.14 Å². The zero-order chi connectivity index (χ0) is 23.3. The summed E-state index contributed by atoms with van der Waals surface area (Å²) in [6.45, 7) is 8.82. The zero-order valence-corrected chi connectivity index (χ0v) is 20.3. The Bertz CT molecular complexity index is 1080. The Morgan fingerprint density at radius 1 is 1.19 bits per heavy atom. The summed E-state index contributed by atoms with van der Waals surface area (Å²) in [6, 6.07) is 7.93. The van der Waals surface area contributed by atoms with E-state index in [0.717, 1.165) is 66.9 Å². The lowest BCUT2D eigenvalue weighted by molar-refractivity contribution is 0.0811. The zero-order valence-electron chi connectivity index (χ0n) is 19.4. The van der Waals surface area contributed by atoms with Crippen LogP contribution in [-0.4, -0.2) is 77.4 Å². The monoisotopic (exact) mass is 459 g/mol. The molecule has 1 saturated heterocycles. The van der Waals surface area contributed by atoms with Gasteiger partial charge in [0.15, 0.2) is 0 Å². The predicted octanol–water partition coefficient (Wildman–Crippen LogP) is 3.38. The molecule has 0 atom stereocenters. The summed E-state index contributed by atoms with van der Waals surface area (Å²) in [7, 11) is 0.0232. The molecule has 0 saturated carbocycles. The number of rotatable bonds is 5. The van der Waals surface area contributed by atoms with Gasteiger partial charge in [-0.05, 0) is 50.5 Å². The van der Waals surface area contributed by atoms with Gasteiger partial charge in [0, 0.05) is 37.9 Å². The van der Waals surface area contributed by atoms with Crippen molar-refractivity contribution < 1.29 is 14.4 Å². The molecule has 8 nitrogen and oxygen atoms in total. The number of nitrogens with two attached hydrogens (primary N) is 1. The number of piperidine rings is 1. The molecule has 9 heteroatoms. The van der Waals surface area contributed by atoms with Crippen LogP contribution in [0.15, 0.2) is 36.8 Å². The molecule has 1 aromatic carbocycles. The van der Waals surface area contributed by atoms with E-state index in [-0.39, 0.29) is 6.10 Å². The smallest absolute Gasteiger partial charge is 0.146 e. The van der Waals surface area contributed by atoms with Gasteiger partial charge in [-0.15, -0.1) is 0 Å². The summed E-state index contributed by atoms with van der Waals surface area (Å²) < 4.78 is 17.7. The highest BCUT2D eigenvalue weighted by Crippen LogP contribution is 2.34. The SMILES string of the molecule is COc1cccc(-c2cn(CCN3CCC(O)CC3)c3ncnc(N)c23)c1.CP(C)(C)=O. The van der Waals surface area contributed by atoms with Crippen LogP contribution in [0.2, 0.25) is 0 Å². The van der Waals surface area contributed by atoms with E-state index >= 15 is 0 Å². The molecular formula is C23H34N5O3P. The number of ether oxygens (including phenoxy) is 1. The van der Waals surface area contributed by atoms with Gasteiger partial charge in [-0.3, -0.25) is 0 Å². The largest absolute Gasteiger partial charge is 0.497 e. The van der Waals surface area contributed by atoms with E-state index in [9.17, 15) is 9.67 Å². The molecule has 0 bridgehead atoms. The first kappa shape index (κ1) is 24.2. The summed E-state index contributed by atoms with van der Waals surface area (Å²) in [5, 5.41) is 10.6. The Balaban J connectivity index is 0.000000523. The van der Waals surface area contributed by atoms with Crippen molar-refractivity contribution in [3.63, 3.8) is 0 Å². The lowest BCUT2D eigenvalue weighted by atomic mass is 10.1. The number of aliphatic hydroxyl groups excluding tert-OH is 1. The maximum Gasteiger partial charge on any atom is 0.146 e. The number of nitrogen functional groups attached to an aromatic ring is 1.